The molecular formula is C12H22O. The lowest BCUT2D eigenvalue weighted by atomic mass is 9.85. The molecule has 1 nitrogen and oxygen atoms in total. The summed E-state index contributed by atoms with van der Waals surface area (Å²) in [7, 11) is 0. The third kappa shape index (κ3) is 2.25. The lowest BCUT2D eigenvalue weighted by Crippen LogP contribution is -2.11. The van der Waals surface area contributed by atoms with Crippen molar-refractivity contribution in [2.24, 2.45) is 17.8 Å². The van der Waals surface area contributed by atoms with Gasteiger partial charge in [-0.1, -0.05) is 19.3 Å². The summed E-state index contributed by atoms with van der Waals surface area (Å²) in [5, 5.41) is 9.16. The van der Waals surface area contributed by atoms with Crippen LogP contribution < -0.4 is 0 Å². The Hall–Kier alpha value is -0.0400. The number of fused-ring (bicyclic) bond motifs is 2. The number of hydrogen-bond acceptors (Lipinski definition) is 1. The highest BCUT2D eigenvalue weighted by molar-refractivity contribution is 4.89. The molecule has 2 aliphatic carbocycles. The Morgan fingerprint density at radius 1 is 1.31 bits per heavy atom. The van der Waals surface area contributed by atoms with E-state index in [1.165, 1.54) is 38.5 Å². The zero-order chi connectivity index (χ0) is 9.26. The van der Waals surface area contributed by atoms with E-state index in [9.17, 15) is 0 Å². The van der Waals surface area contributed by atoms with Gasteiger partial charge in [-0.15, -0.1) is 0 Å². The predicted octanol–water partition coefficient (Wildman–Crippen LogP) is 2.97. The maximum Gasteiger partial charge on any atom is 0.0512 e. The summed E-state index contributed by atoms with van der Waals surface area (Å²) in [5.74, 6) is 3.18. The molecule has 4 atom stereocenters. The van der Waals surface area contributed by atoms with Crippen LogP contribution in [0.15, 0.2) is 0 Å². The maximum absolute atomic E-state index is 9.16. The van der Waals surface area contributed by atoms with Crippen LogP contribution in [0, 0.1) is 17.8 Å². The molecule has 2 rings (SSSR count). The standard InChI is InChI=1S/C12H22O/c1-9(13)3-2-4-11-7-10-5-6-12(11)8-10/h9-13H,2-8H2,1H3. The fourth-order valence-electron chi connectivity index (χ4n) is 3.41. The van der Waals surface area contributed by atoms with Gasteiger partial charge in [0.05, 0.1) is 6.10 Å². The molecule has 2 fully saturated rings. The number of aliphatic hydroxyl groups is 1. The van der Waals surface area contributed by atoms with Crippen LogP contribution in [0.1, 0.15) is 51.9 Å². The normalized spacial score (nSPS) is 39.7. The Kier molecular flexibility index (Phi) is 2.92. The van der Waals surface area contributed by atoms with Crippen molar-refractivity contribution in [3.8, 4) is 0 Å². The van der Waals surface area contributed by atoms with Gasteiger partial charge in [-0.05, 0) is 50.4 Å². The van der Waals surface area contributed by atoms with E-state index >= 15 is 0 Å². The summed E-state index contributed by atoms with van der Waals surface area (Å²) in [6.45, 7) is 1.90. The van der Waals surface area contributed by atoms with Crippen molar-refractivity contribution in [1.82, 2.24) is 0 Å². The minimum atomic E-state index is -0.0846. The predicted molar refractivity (Wildman–Crippen MR) is 54.5 cm³/mol. The van der Waals surface area contributed by atoms with Crippen molar-refractivity contribution in [3.05, 3.63) is 0 Å². The smallest absolute Gasteiger partial charge is 0.0512 e. The second-order valence-electron chi connectivity index (χ2n) is 5.21. The van der Waals surface area contributed by atoms with Gasteiger partial charge in [0.25, 0.3) is 0 Å². The van der Waals surface area contributed by atoms with E-state index in [4.69, 9.17) is 5.11 Å². The average molecular weight is 182 g/mol. The van der Waals surface area contributed by atoms with Gasteiger partial charge in [0.1, 0.15) is 0 Å². The Morgan fingerprint density at radius 2 is 2.15 bits per heavy atom. The summed E-state index contributed by atoms with van der Waals surface area (Å²) in [4.78, 5) is 0. The van der Waals surface area contributed by atoms with Gasteiger partial charge in [-0.3, -0.25) is 0 Å². The summed E-state index contributed by atoms with van der Waals surface area (Å²) < 4.78 is 0. The van der Waals surface area contributed by atoms with E-state index in [0.717, 1.165) is 24.2 Å². The molecule has 0 spiro atoms. The van der Waals surface area contributed by atoms with Gasteiger partial charge in [0.15, 0.2) is 0 Å². The highest BCUT2D eigenvalue weighted by Gasteiger charge is 2.38. The molecule has 0 aromatic carbocycles. The zero-order valence-electron chi connectivity index (χ0n) is 8.71. The lowest BCUT2D eigenvalue weighted by molar-refractivity contribution is 0.174. The van der Waals surface area contributed by atoms with Crippen LogP contribution in [-0.4, -0.2) is 11.2 Å². The SMILES string of the molecule is CC(O)CCCC1CC2CCC1C2. The second-order valence-corrected chi connectivity index (χ2v) is 5.21. The topological polar surface area (TPSA) is 20.2 Å². The summed E-state index contributed by atoms with van der Waals surface area (Å²) in [6, 6.07) is 0. The molecule has 76 valence electrons. The van der Waals surface area contributed by atoms with Crippen LogP contribution in [0.3, 0.4) is 0 Å². The number of hydrogen-bond donors (Lipinski definition) is 1. The van der Waals surface area contributed by atoms with Gasteiger partial charge >= 0.3 is 0 Å². The molecule has 0 radical (unpaired) electrons. The van der Waals surface area contributed by atoms with Crippen LogP contribution in [0.25, 0.3) is 0 Å². The molecule has 0 aromatic heterocycles. The lowest BCUT2D eigenvalue weighted by Gasteiger charge is -2.21. The molecule has 0 heterocycles. The second kappa shape index (κ2) is 4.00. The van der Waals surface area contributed by atoms with Crippen molar-refractivity contribution in [3.63, 3.8) is 0 Å². The average Bonchev–Trinajstić information content (AvgIpc) is 2.64. The zero-order valence-corrected chi connectivity index (χ0v) is 8.71. The van der Waals surface area contributed by atoms with E-state index in [1.54, 1.807) is 0 Å². The summed E-state index contributed by atoms with van der Waals surface area (Å²) in [6.07, 6.45) is 9.59. The van der Waals surface area contributed by atoms with Gasteiger partial charge in [0, 0.05) is 0 Å². The van der Waals surface area contributed by atoms with Crippen molar-refractivity contribution in [2.45, 2.75) is 58.0 Å². The summed E-state index contributed by atoms with van der Waals surface area (Å²) in [5.41, 5.74) is 0. The molecular weight excluding hydrogens is 160 g/mol. The largest absolute Gasteiger partial charge is 0.393 e. The van der Waals surface area contributed by atoms with Crippen molar-refractivity contribution in [1.29, 1.82) is 0 Å². The fraction of sp³-hybridized carbons (Fsp3) is 1.00. The third-order valence-corrected chi connectivity index (χ3v) is 4.08. The molecule has 0 aliphatic heterocycles. The minimum Gasteiger partial charge on any atom is -0.393 e. The first kappa shape index (κ1) is 9.51. The van der Waals surface area contributed by atoms with Crippen LogP contribution in [0.5, 0.6) is 0 Å². The molecule has 0 saturated heterocycles. The van der Waals surface area contributed by atoms with Crippen LogP contribution in [0.2, 0.25) is 0 Å². The Morgan fingerprint density at radius 3 is 2.69 bits per heavy atom. The number of aliphatic hydroxyl groups excluding tert-OH is 1. The van der Waals surface area contributed by atoms with Gasteiger partial charge in [0.2, 0.25) is 0 Å². The van der Waals surface area contributed by atoms with Crippen LogP contribution >= 0.6 is 0 Å². The van der Waals surface area contributed by atoms with E-state index in [0.29, 0.717) is 0 Å². The molecule has 0 aromatic rings. The van der Waals surface area contributed by atoms with Crippen molar-refractivity contribution >= 4 is 0 Å². The Balaban J connectivity index is 1.66. The fourth-order valence-corrected chi connectivity index (χ4v) is 3.41. The van der Waals surface area contributed by atoms with Crippen LogP contribution in [0.4, 0.5) is 0 Å². The molecule has 13 heavy (non-hydrogen) atoms. The Labute approximate surface area is 81.5 Å². The van der Waals surface area contributed by atoms with Gasteiger partial charge < -0.3 is 5.11 Å². The van der Waals surface area contributed by atoms with E-state index in [2.05, 4.69) is 0 Å². The highest BCUT2D eigenvalue weighted by Crippen LogP contribution is 2.49. The van der Waals surface area contributed by atoms with E-state index < -0.39 is 0 Å². The maximum atomic E-state index is 9.16. The van der Waals surface area contributed by atoms with E-state index in [1.807, 2.05) is 6.92 Å². The molecule has 2 saturated carbocycles. The Bertz CT molecular complexity index is 165. The first-order valence-electron chi connectivity index (χ1n) is 5.93. The molecule has 1 heteroatoms. The molecule has 2 aliphatic rings. The first-order chi connectivity index (χ1) is 6.25. The van der Waals surface area contributed by atoms with E-state index in [-0.39, 0.29) is 6.10 Å². The summed E-state index contributed by atoms with van der Waals surface area (Å²) >= 11 is 0. The minimum absolute atomic E-state index is 0.0846. The third-order valence-electron chi connectivity index (χ3n) is 4.08. The molecule has 2 bridgehead atoms. The van der Waals surface area contributed by atoms with Gasteiger partial charge in [-0.2, -0.15) is 0 Å². The molecule has 0 amide bonds. The van der Waals surface area contributed by atoms with Crippen molar-refractivity contribution < 1.29 is 5.11 Å². The molecule has 1 N–H and O–H groups in total. The quantitative estimate of drug-likeness (QED) is 0.708. The van der Waals surface area contributed by atoms with Gasteiger partial charge in [-0.25, -0.2) is 0 Å². The first-order valence-corrected chi connectivity index (χ1v) is 5.93. The highest BCUT2D eigenvalue weighted by atomic mass is 16.3. The van der Waals surface area contributed by atoms with Crippen molar-refractivity contribution in [2.75, 3.05) is 0 Å². The monoisotopic (exact) mass is 182 g/mol. The number of rotatable bonds is 4. The molecule has 4 unspecified atom stereocenters. The van der Waals surface area contributed by atoms with Crippen LogP contribution in [-0.2, 0) is 0 Å².